The van der Waals surface area contributed by atoms with Gasteiger partial charge in [0.2, 0.25) is 0 Å². The summed E-state index contributed by atoms with van der Waals surface area (Å²) in [5, 5.41) is 0. The standard InChI is InChI=1S/C16H20N2/c1-2-12-6-3-4-8-15(12)18-11-10-13-14(17)7-5-9-16(13)18/h3-4,6,8,10-11,14H,2,5,7,9,17H2,1H3. The van der Waals surface area contributed by atoms with E-state index in [-0.39, 0.29) is 6.04 Å². The molecule has 0 radical (unpaired) electrons. The normalized spacial score (nSPS) is 18.7. The molecule has 1 heterocycles. The average Bonchev–Trinajstić information content (AvgIpc) is 2.84. The fourth-order valence-corrected chi connectivity index (χ4v) is 3.00. The second-order valence-corrected chi connectivity index (χ2v) is 5.07. The van der Waals surface area contributed by atoms with Gasteiger partial charge in [-0.15, -0.1) is 0 Å². The smallest absolute Gasteiger partial charge is 0.0484 e. The molecule has 1 unspecified atom stereocenters. The van der Waals surface area contributed by atoms with Crippen LogP contribution in [-0.4, -0.2) is 4.57 Å². The van der Waals surface area contributed by atoms with Crippen LogP contribution in [0, 0.1) is 0 Å². The van der Waals surface area contributed by atoms with Crippen molar-refractivity contribution in [3.63, 3.8) is 0 Å². The molecule has 1 aliphatic carbocycles. The maximum absolute atomic E-state index is 6.19. The molecule has 1 aliphatic rings. The maximum Gasteiger partial charge on any atom is 0.0484 e. The van der Waals surface area contributed by atoms with Crippen LogP contribution < -0.4 is 5.73 Å². The minimum absolute atomic E-state index is 0.226. The summed E-state index contributed by atoms with van der Waals surface area (Å²) in [5.74, 6) is 0. The molecule has 0 saturated heterocycles. The van der Waals surface area contributed by atoms with Crippen molar-refractivity contribution >= 4 is 0 Å². The van der Waals surface area contributed by atoms with E-state index in [0.29, 0.717) is 0 Å². The van der Waals surface area contributed by atoms with Crippen molar-refractivity contribution in [1.29, 1.82) is 0 Å². The number of hydrogen-bond acceptors (Lipinski definition) is 1. The highest BCUT2D eigenvalue weighted by Crippen LogP contribution is 2.31. The molecule has 2 nitrogen and oxygen atoms in total. The summed E-state index contributed by atoms with van der Waals surface area (Å²) < 4.78 is 2.34. The van der Waals surface area contributed by atoms with Gasteiger partial charge in [-0.05, 0) is 48.9 Å². The Hall–Kier alpha value is -1.54. The topological polar surface area (TPSA) is 30.9 Å². The number of rotatable bonds is 2. The Morgan fingerprint density at radius 1 is 1.28 bits per heavy atom. The van der Waals surface area contributed by atoms with Crippen molar-refractivity contribution in [2.24, 2.45) is 5.73 Å². The molecule has 2 aromatic rings. The van der Waals surface area contributed by atoms with E-state index in [9.17, 15) is 0 Å². The number of nitrogens with two attached hydrogens (primary N) is 1. The lowest BCUT2D eigenvalue weighted by atomic mass is 9.93. The zero-order valence-corrected chi connectivity index (χ0v) is 10.9. The molecule has 94 valence electrons. The van der Waals surface area contributed by atoms with Crippen molar-refractivity contribution in [1.82, 2.24) is 4.57 Å². The van der Waals surface area contributed by atoms with Crippen LogP contribution in [0.4, 0.5) is 0 Å². The van der Waals surface area contributed by atoms with E-state index in [1.165, 1.54) is 28.9 Å². The van der Waals surface area contributed by atoms with Crippen molar-refractivity contribution in [3.05, 3.63) is 53.3 Å². The van der Waals surface area contributed by atoms with Crippen molar-refractivity contribution < 1.29 is 0 Å². The van der Waals surface area contributed by atoms with Gasteiger partial charge in [0.05, 0.1) is 0 Å². The molecule has 18 heavy (non-hydrogen) atoms. The largest absolute Gasteiger partial charge is 0.324 e. The number of aromatic nitrogens is 1. The summed E-state index contributed by atoms with van der Waals surface area (Å²) in [4.78, 5) is 0. The van der Waals surface area contributed by atoms with Gasteiger partial charge < -0.3 is 10.3 Å². The molecule has 1 aromatic heterocycles. The Kier molecular flexibility index (Phi) is 2.96. The molecule has 0 amide bonds. The van der Waals surface area contributed by atoms with E-state index in [1.807, 2.05) is 0 Å². The minimum atomic E-state index is 0.226. The molecule has 0 aliphatic heterocycles. The van der Waals surface area contributed by atoms with Gasteiger partial charge in [-0.1, -0.05) is 25.1 Å². The molecule has 0 saturated carbocycles. The first-order chi connectivity index (χ1) is 8.81. The zero-order chi connectivity index (χ0) is 12.5. The highest BCUT2D eigenvalue weighted by Gasteiger charge is 2.21. The Morgan fingerprint density at radius 3 is 2.94 bits per heavy atom. The quantitative estimate of drug-likeness (QED) is 0.857. The third-order valence-electron chi connectivity index (χ3n) is 3.99. The van der Waals surface area contributed by atoms with Gasteiger partial charge in [-0.3, -0.25) is 0 Å². The van der Waals surface area contributed by atoms with Gasteiger partial charge in [-0.25, -0.2) is 0 Å². The van der Waals surface area contributed by atoms with Crippen LogP contribution in [-0.2, 0) is 12.8 Å². The number of benzene rings is 1. The van der Waals surface area contributed by atoms with E-state index >= 15 is 0 Å². The van der Waals surface area contributed by atoms with E-state index < -0.39 is 0 Å². The SMILES string of the molecule is CCc1ccccc1-n1ccc2c1CCCC2N. The summed E-state index contributed by atoms with van der Waals surface area (Å²) >= 11 is 0. The van der Waals surface area contributed by atoms with Crippen LogP contribution in [0.15, 0.2) is 36.5 Å². The van der Waals surface area contributed by atoms with Gasteiger partial charge >= 0.3 is 0 Å². The number of hydrogen-bond donors (Lipinski definition) is 1. The van der Waals surface area contributed by atoms with Crippen molar-refractivity contribution in [2.75, 3.05) is 0 Å². The molecule has 1 atom stereocenters. The Bertz CT molecular complexity index is 554. The Labute approximate surface area is 108 Å². The summed E-state index contributed by atoms with van der Waals surface area (Å²) in [6.45, 7) is 2.21. The predicted molar refractivity (Wildman–Crippen MR) is 75.0 cm³/mol. The van der Waals surface area contributed by atoms with Gasteiger partial charge in [0.1, 0.15) is 0 Å². The summed E-state index contributed by atoms with van der Waals surface area (Å²) in [7, 11) is 0. The lowest BCUT2D eigenvalue weighted by molar-refractivity contribution is 0.560. The van der Waals surface area contributed by atoms with Crippen LogP contribution in [0.25, 0.3) is 5.69 Å². The lowest BCUT2D eigenvalue weighted by Crippen LogP contribution is -2.18. The molecular weight excluding hydrogens is 220 g/mol. The molecular formula is C16H20N2. The van der Waals surface area contributed by atoms with Crippen LogP contribution >= 0.6 is 0 Å². The average molecular weight is 240 g/mol. The zero-order valence-electron chi connectivity index (χ0n) is 10.9. The van der Waals surface area contributed by atoms with E-state index in [0.717, 1.165) is 19.3 Å². The first-order valence-electron chi connectivity index (χ1n) is 6.85. The number of para-hydroxylation sites is 1. The van der Waals surface area contributed by atoms with E-state index in [4.69, 9.17) is 5.73 Å². The fraction of sp³-hybridized carbons (Fsp3) is 0.375. The Balaban J connectivity index is 2.13. The van der Waals surface area contributed by atoms with Crippen LogP contribution in [0.5, 0.6) is 0 Å². The summed E-state index contributed by atoms with van der Waals surface area (Å²) in [6, 6.07) is 11.1. The Morgan fingerprint density at radius 2 is 2.11 bits per heavy atom. The van der Waals surface area contributed by atoms with Crippen LogP contribution in [0.1, 0.15) is 42.6 Å². The predicted octanol–water partition coefficient (Wildman–Crippen LogP) is 3.38. The third kappa shape index (κ3) is 1.77. The molecule has 0 bridgehead atoms. The number of nitrogens with zero attached hydrogens (tertiary/aromatic N) is 1. The monoisotopic (exact) mass is 240 g/mol. The van der Waals surface area contributed by atoms with E-state index in [1.54, 1.807) is 0 Å². The summed E-state index contributed by atoms with van der Waals surface area (Å²) in [5.41, 5.74) is 11.7. The number of fused-ring (bicyclic) bond motifs is 1. The third-order valence-corrected chi connectivity index (χ3v) is 3.99. The van der Waals surface area contributed by atoms with Gasteiger partial charge in [0.25, 0.3) is 0 Å². The lowest BCUT2D eigenvalue weighted by Gasteiger charge is -2.21. The van der Waals surface area contributed by atoms with Crippen LogP contribution in [0.2, 0.25) is 0 Å². The second kappa shape index (κ2) is 4.62. The van der Waals surface area contributed by atoms with Crippen molar-refractivity contribution in [2.45, 2.75) is 38.6 Å². The first kappa shape index (κ1) is 11.5. The second-order valence-electron chi connectivity index (χ2n) is 5.07. The van der Waals surface area contributed by atoms with E-state index in [2.05, 4.69) is 48.0 Å². The van der Waals surface area contributed by atoms with Crippen molar-refractivity contribution in [3.8, 4) is 5.69 Å². The fourth-order valence-electron chi connectivity index (χ4n) is 3.00. The molecule has 2 heteroatoms. The number of aryl methyl sites for hydroxylation is 1. The van der Waals surface area contributed by atoms with Gasteiger partial charge in [0.15, 0.2) is 0 Å². The summed E-state index contributed by atoms with van der Waals surface area (Å²) in [6.07, 6.45) is 6.71. The molecule has 0 spiro atoms. The highest BCUT2D eigenvalue weighted by atomic mass is 15.0. The maximum atomic E-state index is 6.19. The molecule has 0 fully saturated rings. The molecule has 3 rings (SSSR count). The highest BCUT2D eigenvalue weighted by molar-refractivity contribution is 5.45. The van der Waals surface area contributed by atoms with Gasteiger partial charge in [-0.2, -0.15) is 0 Å². The van der Waals surface area contributed by atoms with Crippen LogP contribution in [0.3, 0.4) is 0 Å². The first-order valence-corrected chi connectivity index (χ1v) is 6.85. The molecule has 2 N–H and O–H groups in total. The molecule has 1 aromatic carbocycles. The minimum Gasteiger partial charge on any atom is -0.324 e. The van der Waals surface area contributed by atoms with Gasteiger partial charge in [0, 0.05) is 23.6 Å².